The Morgan fingerprint density at radius 2 is 2.06 bits per heavy atom. The van der Waals surface area contributed by atoms with E-state index < -0.39 is 0 Å². The number of nitrogens with zero attached hydrogens (tertiary/aromatic N) is 4. The van der Waals surface area contributed by atoms with Crippen LogP contribution in [-0.4, -0.2) is 33.3 Å². The Bertz CT molecular complexity index is 534. The molecule has 94 valence electrons. The van der Waals surface area contributed by atoms with Gasteiger partial charge in [0.15, 0.2) is 0 Å². The summed E-state index contributed by atoms with van der Waals surface area (Å²) in [5, 5.41) is 13.6. The highest BCUT2D eigenvalue weighted by Crippen LogP contribution is 2.28. The van der Waals surface area contributed by atoms with Crippen LogP contribution in [0.25, 0.3) is 11.5 Å². The van der Waals surface area contributed by atoms with E-state index in [9.17, 15) is 5.11 Å². The van der Waals surface area contributed by atoms with Gasteiger partial charge in [-0.15, -0.1) is 0 Å². The fourth-order valence-corrected chi connectivity index (χ4v) is 2.11. The van der Waals surface area contributed by atoms with E-state index >= 15 is 0 Å². The van der Waals surface area contributed by atoms with E-state index in [0.717, 1.165) is 25.9 Å². The lowest BCUT2D eigenvalue weighted by Gasteiger charge is -2.24. The third-order valence-corrected chi connectivity index (χ3v) is 3.08. The molecule has 6 nitrogen and oxygen atoms in total. The minimum Gasteiger partial charge on any atom is -0.505 e. The van der Waals surface area contributed by atoms with E-state index in [2.05, 4.69) is 20.0 Å². The van der Waals surface area contributed by atoms with Crippen LogP contribution in [0.2, 0.25) is 0 Å². The van der Waals surface area contributed by atoms with Crippen LogP contribution in [0.1, 0.15) is 19.3 Å². The molecular weight excluding hydrogens is 232 g/mol. The standard InChI is InChI=1S/C12H14N4O2/c17-10-8-13-5-4-9(10)11-14-12(15-18-11)16-6-2-1-3-7-16/h4-5,8,17H,1-3,6-7H2. The lowest BCUT2D eigenvalue weighted by Crippen LogP contribution is -2.30. The van der Waals surface area contributed by atoms with Crippen molar-refractivity contribution in [3.8, 4) is 17.2 Å². The quantitative estimate of drug-likeness (QED) is 0.871. The molecule has 1 N–H and O–H groups in total. The number of anilines is 1. The molecule has 2 aromatic heterocycles. The van der Waals surface area contributed by atoms with Crippen molar-refractivity contribution in [2.24, 2.45) is 0 Å². The van der Waals surface area contributed by atoms with Gasteiger partial charge in [-0.1, -0.05) is 0 Å². The third kappa shape index (κ3) is 2.01. The number of pyridine rings is 1. The molecular formula is C12H14N4O2. The Morgan fingerprint density at radius 1 is 1.22 bits per heavy atom. The average Bonchev–Trinajstić information content (AvgIpc) is 2.90. The van der Waals surface area contributed by atoms with Crippen molar-refractivity contribution in [3.63, 3.8) is 0 Å². The number of hydrogen-bond donors (Lipinski definition) is 1. The van der Waals surface area contributed by atoms with Gasteiger partial charge < -0.3 is 14.5 Å². The Balaban J connectivity index is 1.87. The van der Waals surface area contributed by atoms with Crippen LogP contribution >= 0.6 is 0 Å². The molecule has 0 radical (unpaired) electrons. The summed E-state index contributed by atoms with van der Waals surface area (Å²) in [4.78, 5) is 10.2. The molecule has 2 aromatic rings. The molecule has 18 heavy (non-hydrogen) atoms. The summed E-state index contributed by atoms with van der Waals surface area (Å²) in [6.45, 7) is 1.92. The maximum Gasteiger partial charge on any atom is 0.266 e. The lowest BCUT2D eigenvalue weighted by atomic mass is 10.1. The van der Waals surface area contributed by atoms with E-state index in [-0.39, 0.29) is 5.75 Å². The zero-order chi connectivity index (χ0) is 12.4. The molecule has 0 spiro atoms. The summed E-state index contributed by atoms with van der Waals surface area (Å²) in [5.74, 6) is 0.975. The average molecular weight is 246 g/mol. The van der Waals surface area contributed by atoms with Gasteiger partial charge in [0.25, 0.3) is 11.8 Å². The minimum atomic E-state index is 0.0475. The first-order chi connectivity index (χ1) is 8.84. The molecule has 0 unspecified atom stereocenters. The monoisotopic (exact) mass is 246 g/mol. The molecule has 0 saturated carbocycles. The van der Waals surface area contributed by atoms with Crippen LogP contribution < -0.4 is 4.90 Å². The first-order valence-electron chi connectivity index (χ1n) is 6.06. The maximum absolute atomic E-state index is 9.68. The molecule has 1 saturated heterocycles. The van der Waals surface area contributed by atoms with Crippen LogP contribution in [-0.2, 0) is 0 Å². The maximum atomic E-state index is 9.68. The Labute approximate surface area is 104 Å². The van der Waals surface area contributed by atoms with E-state index in [1.165, 1.54) is 12.6 Å². The molecule has 1 aliphatic rings. The highest BCUT2D eigenvalue weighted by atomic mass is 16.5. The number of hydrogen-bond acceptors (Lipinski definition) is 6. The van der Waals surface area contributed by atoms with Gasteiger partial charge >= 0.3 is 0 Å². The number of rotatable bonds is 2. The van der Waals surface area contributed by atoms with E-state index in [4.69, 9.17) is 4.52 Å². The normalized spacial score (nSPS) is 15.9. The summed E-state index contributed by atoms with van der Waals surface area (Å²) in [7, 11) is 0. The predicted octanol–water partition coefficient (Wildman–Crippen LogP) is 1.83. The molecule has 3 heterocycles. The Hall–Kier alpha value is -2.11. The Morgan fingerprint density at radius 3 is 2.83 bits per heavy atom. The Kier molecular flexibility index (Phi) is 2.84. The molecule has 1 aliphatic heterocycles. The fraction of sp³-hybridized carbons (Fsp3) is 0.417. The highest BCUT2D eigenvalue weighted by molar-refractivity contribution is 5.61. The second kappa shape index (κ2) is 4.64. The highest BCUT2D eigenvalue weighted by Gasteiger charge is 2.18. The largest absolute Gasteiger partial charge is 0.505 e. The topological polar surface area (TPSA) is 75.3 Å². The number of aromatic hydroxyl groups is 1. The van der Waals surface area contributed by atoms with Crippen molar-refractivity contribution in [1.29, 1.82) is 0 Å². The molecule has 0 atom stereocenters. The second-order valence-corrected chi connectivity index (χ2v) is 4.34. The van der Waals surface area contributed by atoms with Crippen LogP contribution in [0.5, 0.6) is 5.75 Å². The molecule has 0 amide bonds. The molecule has 6 heteroatoms. The lowest BCUT2D eigenvalue weighted by molar-refractivity contribution is 0.420. The van der Waals surface area contributed by atoms with Gasteiger partial charge in [0.05, 0.1) is 11.8 Å². The van der Waals surface area contributed by atoms with Gasteiger partial charge in [0.1, 0.15) is 5.75 Å². The van der Waals surface area contributed by atoms with Gasteiger partial charge in [-0.25, -0.2) is 0 Å². The first-order valence-corrected chi connectivity index (χ1v) is 6.06. The summed E-state index contributed by atoms with van der Waals surface area (Å²) in [5.41, 5.74) is 0.515. The molecule has 0 aliphatic carbocycles. The molecule has 1 fully saturated rings. The van der Waals surface area contributed by atoms with Gasteiger partial charge in [0.2, 0.25) is 0 Å². The van der Waals surface area contributed by atoms with Crippen molar-refractivity contribution in [3.05, 3.63) is 18.5 Å². The van der Waals surface area contributed by atoms with Crippen molar-refractivity contribution >= 4 is 5.95 Å². The minimum absolute atomic E-state index is 0.0475. The number of piperidine rings is 1. The summed E-state index contributed by atoms with van der Waals surface area (Å²) >= 11 is 0. The molecule has 0 bridgehead atoms. The van der Waals surface area contributed by atoms with Crippen LogP contribution in [0.3, 0.4) is 0 Å². The van der Waals surface area contributed by atoms with Crippen molar-refractivity contribution in [2.45, 2.75) is 19.3 Å². The van der Waals surface area contributed by atoms with Gasteiger partial charge in [-0.2, -0.15) is 4.98 Å². The zero-order valence-electron chi connectivity index (χ0n) is 9.91. The van der Waals surface area contributed by atoms with Crippen LogP contribution in [0, 0.1) is 0 Å². The van der Waals surface area contributed by atoms with Crippen molar-refractivity contribution in [1.82, 2.24) is 15.1 Å². The van der Waals surface area contributed by atoms with Gasteiger partial charge in [-0.05, 0) is 30.5 Å². The second-order valence-electron chi connectivity index (χ2n) is 4.34. The summed E-state index contributed by atoms with van der Waals surface area (Å²) in [6.07, 6.45) is 6.51. The van der Waals surface area contributed by atoms with E-state index in [1.807, 2.05) is 0 Å². The van der Waals surface area contributed by atoms with Gasteiger partial charge in [-0.3, -0.25) is 4.98 Å². The summed E-state index contributed by atoms with van der Waals surface area (Å²) in [6, 6.07) is 1.66. The van der Waals surface area contributed by atoms with Crippen LogP contribution in [0.4, 0.5) is 5.95 Å². The van der Waals surface area contributed by atoms with E-state index in [1.54, 1.807) is 12.3 Å². The zero-order valence-corrected chi connectivity index (χ0v) is 9.91. The fourth-order valence-electron chi connectivity index (χ4n) is 2.11. The smallest absolute Gasteiger partial charge is 0.266 e. The molecule has 0 aromatic carbocycles. The predicted molar refractivity (Wildman–Crippen MR) is 65.3 cm³/mol. The van der Waals surface area contributed by atoms with Crippen molar-refractivity contribution in [2.75, 3.05) is 18.0 Å². The number of aromatic nitrogens is 3. The first kappa shape index (κ1) is 11.0. The van der Waals surface area contributed by atoms with Crippen LogP contribution in [0.15, 0.2) is 23.0 Å². The summed E-state index contributed by atoms with van der Waals surface area (Å²) < 4.78 is 5.19. The van der Waals surface area contributed by atoms with Crippen molar-refractivity contribution < 1.29 is 9.63 Å². The van der Waals surface area contributed by atoms with Gasteiger partial charge in [0, 0.05) is 19.3 Å². The third-order valence-electron chi connectivity index (χ3n) is 3.08. The SMILES string of the molecule is Oc1cnccc1-c1nc(N2CCCCC2)no1. The molecule has 3 rings (SSSR count). The van der Waals surface area contributed by atoms with E-state index in [0.29, 0.717) is 17.4 Å².